The van der Waals surface area contributed by atoms with Crippen molar-refractivity contribution in [3.63, 3.8) is 0 Å². The molecule has 0 bridgehead atoms. The summed E-state index contributed by atoms with van der Waals surface area (Å²) in [6.45, 7) is -0.118. The first kappa shape index (κ1) is 16.2. The van der Waals surface area contributed by atoms with Gasteiger partial charge in [0.15, 0.2) is 0 Å². The van der Waals surface area contributed by atoms with Crippen molar-refractivity contribution < 1.29 is 27.4 Å². The van der Waals surface area contributed by atoms with E-state index in [1.807, 2.05) is 0 Å². The number of phenolic OH excluding ortho intramolecular Hbond substituents is 1. The summed E-state index contributed by atoms with van der Waals surface area (Å²) in [5.74, 6) is -1.57. The predicted molar refractivity (Wildman–Crippen MR) is 83.7 cm³/mol. The van der Waals surface area contributed by atoms with Crippen molar-refractivity contribution in [2.45, 2.75) is 4.90 Å². The van der Waals surface area contributed by atoms with E-state index in [9.17, 15) is 22.7 Å². The third kappa shape index (κ3) is 2.89. The second-order valence-electron chi connectivity index (χ2n) is 5.16. The molecule has 0 unspecified atom stereocenters. The van der Waals surface area contributed by atoms with Gasteiger partial charge in [-0.05, 0) is 29.8 Å². The van der Waals surface area contributed by atoms with Crippen LogP contribution in [0.5, 0.6) is 5.75 Å². The molecule has 1 aliphatic heterocycles. The molecule has 0 amide bonds. The predicted octanol–water partition coefficient (Wildman–Crippen LogP) is 1.65. The van der Waals surface area contributed by atoms with E-state index in [1.165, 1.54) is 36.4 Å². The molecule has 0 saturated carbocycles. The fourth-order valence-corrected chi connectivity index (χ4v) is 2.99. The van der Waals surface area contributed by atoms with Crippen LogP contribution in [0.4, 0.5) is 4.39 Å². The number of phenols is 1. The molecule has 124 valence electrons. The lowest BCUT2D eigenvalue weighted by Gasteiger charge is -2.07. The van der Waals surface area contributed by atoms with Crippen molar-refractivity contribution in [1.29, 1.82) is 0 Å². The number of cyclic esters (lactones) is 1. The highest BCUT2D eigenvalue weighted by atomic mass is 32.2. The monoisotopic (exact) mass is 349 g/mol. The summed E-state index contributed by atoms with van der Waals surface area (Å²) in [6, 6.07) is 8.91. The van der Waals surface area contributed by atoms with Gasteiger partial charge in [-0.15, -0.1) is 0 Å². The first-order valence-corrected chi connectivity index (χ1v) is 8.34. The number of carbonyl (C=O) groups is 1. The molecule has 0 fully saturated rings. The second-order valence-corrected chi connectivity index (χ2v) is 6.72. The summed E-state index contributed by atoms with van der Waals surface area (Å²) in [5.41, 5.74) is 0.970. The minimum absolute atomic E-state index is 0.101. The molecule has 0 atom stereocenters. The molecule has 0 saturated heterocycles. The van der Waals surface area contributed by atoms with Crippen molar-refractivity contribution in [3.05, 3.63) is 59.4 Å². The number of halogens is 1. The molecule has 0 aromatic heterocycles. The van der Waals surface area contributed by atoms with Gasteiger partial charge in [-0.3, -0.25) is 0 Å². The molecule has 0 aliphatic carbocycles. The Kier molecular flexibility index (Phi) is 3.86. The van der Waals surface area contributed by atoms with Gasteiger partial charge in [0.2, 0.25) is 10.0 Å². The number of esters is 1. The maximum absolute atomic E-state index is 14.1. The minimum atomic E-state index is -3.85. The van der Waals surface area contributed by atoms with E-state index in [2.05, 4.69) is 0 Å². The summed E-state index contributed by atoms with van der Waals surface area (Å²) in [7, 11) is -3.85. The Balaban J connectivity index is 2.13. The highest BCUT2D eigenvalue weighted by Crippen LogP contribution is 2.35. The zero-order valence-electron chi connectivity index (χ0n) is 12.2. The molecule has 6 nitrogen and oxygen atoms in total. The molecule has 3 N–H and O–H groups in total. The van der Waals surface area contributed by atoms with Gasteiger partial charge in [0.25, 0.3) is 0 Å². The van der Waals surface area contributed by atoms with Crippen molar-refractivity contribution >= 4 is 27.1 Å². The standard InChI is InChI=1S/C16H12FNO5S/c17-14-7-10(19)3-6-12(14)13-8-23-16(20)15(13)9-1-4-11(5-2-9)24(18,21)22/h1-7,19H,8H2,(H2,18,21,22). The Morgan fingerprint density at radius 2 is 1.79 bits per heavy atom. The summed E-state index contributed by atoms with van der Waals surface area (Å²) >= 11 is 0. The number of ether oxygens (including phenoxy) is 1. The van der Waals surface area contributed by atoms with Crippen LogP contribution in [0.2, 0.25) is 0 Å². The number of carbonyl (C=O) groups excluding carboxylic acids is 1. The molecule has 2 aromatic rings. The number of hydrogen-bond donors (Lipinski definition) is 2. The van der Waals surface area contributed by atoms with Crippen molar-refractivity contribution in [2.75, 3.05) is 6.61 Å². The zero-order chi connectivity index (χ0) is 17.5. The van der Waals surface area contributed by atoms with Crippen molar-refractivity contribution in [2.24, 2.45) is 5.14 Å². The van der Waals surface area contributed by atoms with Gasteiger partial charge < -0.3 is 9.84 Å². The molecule has 1 heterocycles. The van der Waals surface area contributed by atoms with Gasteiger partial charge >= 0.3 is 5.97 Å². The zero-order valence-corrected chi connectivity index (χ0v) is 13.0. The number of hydrogen-bond acceptors (Lipinski definition) is 5. The van der Waals surface area contributed by atoms with Gasteiger partial charge in [0, 0.05) is 17.2 Å². The Bertz CT molecular complexity index is 964. The van der Waals surface area contributed by atoms with Crippen LogP contribution in [0, 0.1) is 5.82 Å². The fourth-order valence-electron chi connectivity index (χ4n) is 2.47. The highest BCUT2D eigenvalue weighted by molar-refractivity contribution is 7.89. The summed E-state index contributed by atoms with van der Waals surface area (Å²) in [4.78, 5) is 11.9. The lowest BCUT2D eigenvalue weighted by Crippen LogP contribution is -2.12. The van der Waals surface area contributed by atoms with E-state index >= 15 is 0 Å². The number of aromatic hydroxyl groups is 1. The van der Waals surface area contributed by atoms with Crippen molar-refractivity contribution in [3.8, 4) is 5.75 Å². The van der Waals surface area contributed by atoms with E-state index in [0.717, 1.165) is 6.07 Å². The fraction of sp³-hybridized carbons (Fsp3) is 0.0625. The van der Waals surface area contributed by atoms with Gasteiger partial charge in [0.1, 0.15) is 18.2 Å². The second kappa shape index (κ2) is 5.73. The normalized spacial score (nSPS) is 14.8. The number of rotatable bonds is 3. The molecule has 24 heavy (non-hydrogen) atoms. The Labute approximate surface area is 137 Å². The van der Waals surface area contributed by atoms with Gasteiger partial charge in [-0.25, -0.2) is 22.7 Å². The van der Waals surface area contributed by atoms with Crippen LogP contribution in [0.25, 0.3) is 11.1 Å². The van der Waals surface area contributed by atoms with Gasteiger partial charge in [-0.1, -0.05) is 12.1 Å². The molecule has 8 heteroatoms. The van der Waals surface area contributed by atoms with Crippen LogP contribution in [0.1, 0.15) is 11.1 Å². The van der Waals surface area contributed by atoms with Crippen molar-refractivity contribution in [1.82, 2.24) is 0 Å². The number of primary sulfonamides is 1. The van der Waals surface area contributed by atoms with Crippen LogP contribution in [0.15, 0.2) is 47.4 Å². The number of sulfonamides is 1. The smallest absolute Gasteiger partial charge is 0.339 e. The third-order valence-corrected chi connectivity index (χ3v) is 4.53. The maximum Gasteiger partial charge on any atom is 0.339 e. The van der Waals surface area contributed by atoms with E-state index in [0.29, 0.717) is 11.1 Å². The molecule has 3 rings (SSSR count). The van der Waals surface area contributed by atoms with E-state index in [-0.39, 0.29) is 28.4 Å². The third-order valence-electron chi connectivity index (χ3n) is 3.60. The van der Waals surface area contributed by atoms with Gasteiger partial charge in [-0.2, -0.15) is 0 Å². The van der Waals surface area contributed by atoms with Crippen LogP contribution < -0.4 is 5.14 Å². The van der Waals surface area contributed by atoms with E-state index < -0.39 is 21.8 Å². The highest BCUT2D eigenvalue weighted by Gasteiger charge is 2.29. The lowest BCUT2D eigenvalue weighted by molar-refractivity contribution is -0.133. The van der Waals surface area contributed by atoms with E-state index in [4.69, 9.17) is 9.88 Å². The molecule has 0 spiro atoms. The minimum Gasteiger partial charge on any atom is -0.508 e. The Hall–Kier alpha value is -2.71. The van der Waals surface area contributed by atoms with E-state index in [1.54, 1.807) is 0 Å². The van der Waals surface area contributed by atoms with Crippen LogP contribution in [0.3, 0.4) is 0 Å². The Morgan fingerprint density at radius 3 is 2.38 bits per heavy atom. The lowest BCUT2D eigenvalue weighted by atomic mass is 9.96. The summed E-state index contributed by atoms with van der Waals surface area (Å²) in [6.07, 6.45) is 0. The number of nitrogens with two attached hydrogens (primary N) is 1. The quantitative estimate of drug-likeness (QED) is 0.820. The average molecular weight is 349 g/mol. The van der Waals surface area contributed by atoms with Crippen LogP contribution in [-0.4, -0.2) is 26.1 Å². The molecule has 0 radical (unpaired) electrons. The first-order valence-electron chi connectivity index (χ1n) is 6.80. The molecular formula is C16H12FNO5S. The van der Waals surface area contributed by atoms with Gasteiger partial charge in [0.05, 0.1) is 10.5 Å². The first-order chi connectivity index (χ1) is 11.3. The van der Waals surface area contributed by atoms with Crippen LogP contribution >= 0.6 is 0 Å². The maximum atomic E-state index is 14.1. The molecule has 1 aliphatic rings. The summed E-state index contributed by atoms with van der Waals surface area (Å²) < 4.78 is 41.7. The Morgan fingerprint density at radius 1 is 1.12 bits per heavy atom. The number of benzene rings is 2. The summed E-state index contributed by atoms with van der Waals surface area (Å²) in [5, 5.41) is 14.3. The van der Waals surface area contributed by atoms with Crippen LogP contribution in [-0.2, 0) is 19.6 Å². The largest absolute Gasteiger partial charge is 0.508 e. The topological polar surface area (TPSA) is 107 Å². The molecular weight excluding hydrogens is 337 g/mol. The average Bonchev–Trinajstić information content (AvgIpc) is 2.88. The molecule has 2 aromatic carbocycles. The SMILES string of the molecule is NS(=O)(=O)c1ccc(C2=C(c3ccc(O)cc3F)COC2=O)cc1.